The number of fused-ring (bicyclic) bond motifs is 1. The van der Waals surface area contributed by atoms with Crippen LogP contribution in [0.25, 0.3) is 0 Å². The third-order valence-corrected chi connectivity index (χ3v) is 4.65. The molecule has 6 nitrogen and oxygen atoms in total. The van der Waals surface area contributed by atoms with Crippen molar-refractivity contribution < 1.29 is 22.3 Å². The van der Waals surface area contributed by atoms with Crippen molar-refractivity contribution in [3.8, 4) is 5.75 Å². The molecule has 1 heterocycles. The minimum Gasteiger partial charge on any atom is -0.479 e. The first kappa shape index (κ1) is 15.3. The molecule has 0 spiro atoms. The van der Waals surface area contributed by atoms with Gasteiger partial charge in [0.15, 0.2) is 6.10 Å². The van der Waals surface area contributed by atoms with Crippen molar-refractivity contribution in [3.63, 3.8) is 0 Å². The van der Waals surface area contributed by atoms with Gasteiger partial charge in [0, 0.05) is 0 Å². The second kappa shape index (κ2) is 5.54. The Labute approximate surface area is 132 Å². The quantitative estimate of drug-likeness (QED) is 0.901. The molecule has 120 valence electrons. The van der Waals surface area contributed by atoms with E-state index in [0.29, 0.717) is 11.4 Å². The Morgan fingerprint density at radius 2 is 2.00 bits per heavy atom. The number of anilines is 2. The van der Waals surface area contributed by atoms with Crippen LogP contribution in [0.15, 0.2) is 47.4 Å². The summed E-state index contributed by atoms with van der Waals surface area (Å²) in [6.07, 6.45) is -0.614. The number of amides is 1. The van der Waals surface area contributed by atoms with Crippen LogP contribution in [0.1, 0.15) is 6.92 Å². The van der Waals surface area contributed by atoms with E-state index in [1.54, 1.807) is 13.0 Å². The van der Waals surface area contributed by atoms with Gasteiger partial charge < -0.3 is 10.1 Å². The topological polar surface area (TPSA) is 84.5 Å². The lowest BCUT2D eigenvalue weighted by Crippen LogP contribution is -2.34. The molecule has 0 aliphatic carbocycles. The number of rotatable bonds is 3. The Kier molecular flexibility index (Phi) is 3.69. The summed E-state index contributed by atoms with van der Waals surface area (Å²) in [6, 6.07) is 9.17. The lowest BCUT2D eigenvalue weighted by Gasteiger charge is -2.23. The first-order chi connectivity index (χ1) is 10.8. The lowest BCUT2D eigenvalue weighted by atomic mass is 10.2. The number of hydrogen-bond acceptors (Lipinski definition) is 4. The average molecular weight is 336 g/mol. The van der Waals surface area contributed by atoms with Gasteiger partial charge in [-0.3, -0.25) is 9.52 Å². The van der Waals surface area contributed by atoms with Crippen LogP contribution in [-0.2, 0) is 14.8 Å². The number of sulfonamides is 1. The summed E-state index contributed by atoms with van der Waals surface area (Å²) in [5, 5.41) is 2.63. The maximum atomic E-state index is 13.2. The normalized spacial score (nSPS) is 17.0. The van der Waals surface area contributed by atoms with Crippen LogP contribution in [0.4, 0.5) is 15.8 Å². The summed E-state index contributed by atoms with van der Waals surface area (Å²) < 4.78 is 45.4. The van der Waals surface area contributed by atoms with Gasteiger partial charge in [0.2, 0.25) is 0 Å². The molecule has 2 N–H and O–H groups in total. The van der Waals surface area contributed by atoms with Gasteiger partial charge in [-0.1, -0.05) is 6.07 Å². The molecular weight excluding hydrogens is 323 g/mol. The number of benzene rings is 2. The predicted octanol–water partition coefficient (Wildman–Crippen LogP) is 2.35. The summed E-state index contributed by atoms with van der Waals surface area (Å²) in [4.78, 5) is 11.4. The number of carbonyl (C=O) groups excluding carboxylic acids is 1. The molecule has 1 aliphatic rings. The molecule has 0 fully saturated rings. The largest absolute Gasteiger partial charge is 0.479 e. The first-order valence-corrected chi connectivity index (χ1v) is 8.23. The monoisotopic (exact) mass is 336 g/mol. The highest BCUT2D eigenvalue weighted by Gasteiger charge is 2.24. The Morgan fingerprint density at radius 1 is 1.22 bits per heavy atom. The Balaban J connectivity index is 1.89. The average Bonchev–Trinajstić information content (AvgIpc) is 2.48. The van der Waals surface area contributed by atoms with Gasteiger partial charge in [-0.25, -0.2) is 12.8 Å². The maximum absolute atomic E-state index is 13.2. The molecule has 2 aromatic carbocycles. The van der Waals surface area contributed by atoms with Crippen LogP contribution >= 0.6 is 0 Å². The standard InChI is InChI=1S/C15H13FN2O4S/c1-9-15(19)17-13-8-11(5-6-14(13)22-9)18-23(20,21)12-4-2-3-10(16)7-12/h2-9,18H,1H3,(H,17,19)/t9-/m1/s1. The number of hydrogen-bond donors (Lipinski definition) is 2. The van der Waals surface area contributed by atoms with Crippen LogP contribution in [-0.4, -0.2) is 20.4 Å². The van der Waals surface area contributed by atoms with Gasteiger partial charge in [0.25, 0.3) is 15.9 Å². The third kappa shape index (κ3) is 3.11. The molecule has 1 atom stereocenters. The molecule has 3 rings (SSSR count). The van der Waals surface area contributed by atoms with E-state index in [4.69, 9.17) is 4.74 Å². The molecule has 1 aliphatic heterocycles. The molecule has 0 bridgehead atoms. The molecule has 0 aromatic heterocycles. The van der Waals surface area contributed by atoms with E-state index < -0.39 is 21.9 Å². The highest BCUT2D eigenvalue weighted by atomic mass is 32.2. The van der Waals surface area contributed by atoms with E-state index in [0.717, 1.165) is 12.1 Å². The molecule has 0 radical (unpaired) electrons. The summed E-state index contributed by atoms with van der Waals surface area (Å²) in [6.45, 7) is 1.61. The predicted molar refractivity (Wildman–Crippen MR) is 82.4 cm³/mol. The fraction of sp³-hybridized carbons (Fsp3) is 0.133. The van der Waals surface area contributed by atoms with Crippen molar-refractivity contribution >= 4 is 27.3 Å². The third-order valence-electron chi connectivity index (χ3n) is 3.27. The molecule has 0 saturated carbocycles. The van der Waals surface area contributed by atoms with Crippen LogP contribution in [0.2, 0.25) is 0 Å². The maximum Gasteiger partial charge on any atom is 0.265 e. The highest BCUT2D eigenvalue weighted by Crippen LogP contribution is 2.32. The Morgan fingerprint density at radius 3 is 2.74 bits per heavy atom. The van der Waals surface area contributed by atoms with Crippen LogP contribution in [0.3, 0.4) is 0 Å². The van der Waals surface area contributed by atoms with Crippen LogP contribution in [0, 0.1) is 5.82 Å². The molecule has 0 unspecified atom stereocenters. The van der Waals surface area contributed by atoms with Gasteiger partial charge in [-0.05, 0) is 43.3 Å². The minimum atomic E-state index is -3.93. The first-order valence-electron chi connectivity index (χ1n) is 6.75. The van der Waals surface area contributed by atoms with Gasteiger partial charge in [0.05, 0.1) is 16.3 Å². The molecule has 23 heavy (non-hydrogen) atoms. The van der Waals surface area contributed by atoms with E-state index in [1.807, 2.05) is 0 Å². The minimum absolute atomic E-state index is 0.191. The molecule has 2 aromatic rings. The molecule has 0 saturated heterocycles. The zero-order valence-electron chi connectivity index (χ0n) is 12.0. The van der Waals surface area contributed by atoms with E-state index in [1.165, 1.54) is 24.3 Å². The number of halogens is 1. The fourth-order valence-electron chi connectivity index (χ4n) is 2.12. The van der Waals surface area contributed by atoms with Crippen molar-refractivity contribution in [3.05, 3.63) is 48.3 Å². The Hall–Kier alpha value is -2.61. The number of carbonyl (C=O) groups is 1. The van der Waals surface area contributed by atoms with Crippen LogP contribution < -0.4 is 14.8 Å². The van der Waals surface area contributed by atoms with Crippen molar-refractivity contribution in [2.75, 3.05) is 10.0 Å². The van der Waals surface area contributed by atoms with Crippen molar-refractivity contribution in [1.82, 2.24) is 0 Å². The lowest BCUT2D eigenvalue weighted by molar-refractivity contribution is -0.122. The van der Waals surface area contributed by atoms with E-state index in [-0.39, 0.29) is 16.5 Å². The molecular formula is C15H13FN2O4S. The van der Waals surface area contributed by atoms with E-state index in [2.05, 4.69) is 10.0 Å². The van der Waals surface area contributed by atoms with Crippen LogP contribution in [0.5, 0.6) is 5.75 Å². The molecule has 8 heteroatoms. The number of ether oxygens (including phenoxy) is 1. The van der Waals surface area contributed by atoms with Gasteiger partial charge in [-0.15, -0.1) is 0 Å². The van der Waals surface area contributed by atoms with Gasteiger partial charge in [0.1, 0.15) is 11.6 Å². The Bertz CT molecular complexity index is 883. The fourth-order valence-corrected chi connectivity index (χ4v) is 3.20. The van der Waals surface area contributed by atoms with Crippen molar-refractivity contribution in [2.45, 2.75) is 17.9 Å². The van der Waals surface area contributed by atoms with Gasteiger partial charge >= 0.3 is 0 Å². The highest BCUT2D eigenvalue weighted by molar-refractivity contribution is 7.92. The summed E-state index contributed by atoms with van der Waals surface area (Å²) in [5.74, 6) is -0.513. The van der Waals surface area contributed by atoms with Gasteiger partial charge in [-0.2, -0.15) is 0 Å². The summed E-state index contributed by atoms with van der Waals surface area (Å²) >= 11 is 0. The SMILES string of the molecule is C[C@H]1Oc2ccc(NS(=O)(=O)c3cccc(F)c3)cc2NC1=O. The summed E-state index contributed by atoms with van der Waals surface area (Å²) in [7, 11) is -3.93. The second-order valence-corrected chi connectivity index (χ2v) is 6.71. The second-order valence-electron chi connectivity index (χ2n) is 5.02. The number of nitrogens with one attached hydrogen (secondary N) is 2. The van der Waals surface area contributed by atoms with E-state index >= 15 is 0 Å². The zero-order chi connectivity index (χ0) is 16.6. The van der Waals surface area contributed by atoms with E-state index in [9.17, 15) is 17.6 Å². The van der Waals surface area contributed by atoms with Crippen molar-refractivity contribution in [1.29, 1.82) is 0 Å². The summed E-state index contributed by atoms with van der Waals surface area (Å²) in [5.41, 5.74) is 0.596. The molecule has 1 amide bonds. The van der Waals surface area contributed by atoms with Crippen molar-refractivity contribution in [2.24, 2.45) is 0 Å². The zero-order valence-corrected chi connectivity index (χ0v) is 12.9. The smallest absolute Gasteiger partial charge is 0.265 e.